The molecule has 0 spiro atoms. The molecule has 41 heavy (non-hydrogen) atoms. The van der Waals surface area contributed by atoms with Crippen LogP contribution in [0, 0.1) is 18.3 Å². The molecule has 5 rings (SSSR count). The summed E-state index contributed by atoms with van der Waals surface area (Å²) in [5.41, 5.74) is 11.6. The van der Waals surface area contributed by atoms with E-state index in [4.69, 9.17) is 33.7 Å². The SMILES string of the molecule is C=C(C)C(=O)Nc1ccc(-c2c(-c3ccc(Oc4nccc(C)n4)c(Cl)c3)c3c(N)ncc(C#N)c3n2C)c(Cl)c1. The summed E-state index contributed by atoms with van der Waals surface area (Å²) in [5.74, 6) is 0.286. The van der Waals surface area contributed by atoms with E-state index < -0.39 is 0 Å². The van der Waals surface area contributed by atoms with Crippen LogP contribution in [-0.4, -0.2) is 25.4 Å². The van der Waals surface area contributed by atoms with Crippen LogP contribution in [0.25, 0.3) is 33.3 Å². The third kappa shape index (κ3) is 5.18. The highest BCUT2D eigenvalue weighted by Gasteiger charge is 2.25. The summed E-state index contributed by atoms with van der Waals surface area (Å²) in [6.07, 6.45) is 3.04. The van der Waals surface area contributed by atoms with Crippen LogP contribution in [0.1, 0.15) is 18.2 Å². The third-order valence-electron chi connectivity index (χ3n) is 6.42. The van der Waals surface area contributed by atoms with E-state index in [1.165, 1.54) is 6.20 Å². The molecule has 0 aliphatic heterocycles. The first-order chi connectivity index (χ1) is 19.6. The minimum Gasteiger partial charge on any atom is -0.423 e. The largest absolute Gasteiger partial charge is 0.423 e. The molecule has 204 valence electrons. The summed E-state index contributed by atoms with van der Waals surface area (Å²) in [5, 5.41) is 13.9. The summed E-state index contributed by atoms with van der Waals surface area (Å²) in [4.78, 5) is 24.8. The van der Waals surface area contributed by atoms with Gasteiger partial charge in [-0.2, -0.15) is 5.26 Å². The molecule has 0 bridgehead atoms. The van der Waals surface area contributed by atoms with Crippen molar-refractivity contribution < 1.29 is 9.53 Å². The maximum atomic E-state index is 12.1. The first kappa shape index (κ1) is 27.6. The van der Waals surface area contributed by atoms with Crippen LogP contribution in [0.15, 0.2) is 67.0 Å². The fraction of sp³-hybridized carbons (Fsp3) is 0.100. The molecule has 3 N–H and O–H groups in total. The highest BCUT2D eigenvalue weighted by Crippen LogP contribution is 2.46. The van der Waals surface area contributed by atoms with Gasteiger partial charge < -0.3 is 20.4 Å². The summed E-state index contributed by atoms with van der Waals surface area (Å²) in [6, 6.07) is 14.6. The number of amides is 1. The van der Waals surface area contributed by atoms with Crippen molar-refractivity contribution in [2.45, 2.75) is 13.8 Å². The zero-order valence-corrected chi connectivity index (χ0v) is 23.8. The van der Waals surface area contributed by atoms with Crippen molar-refractivity contribution in [1.82, 2.24) is 19.5 Å². The van der Waals surface area contributed by atoms with Gasteiger partial charge in [0.25, 0.3) is 5.91 Å². The quantitative estimate of drug-likeness (QED) is 0.204. The van der Waals surface area contributed by atoms with Crippen molar-refractivity contribution in [2.75, 3.05) is 11.1 Å². The fourth-order valence-electron chi connectivity index (χ4n) is 4.52. The number of fused-ring (bicyclic) bond motifs is 1. The van der Waals surface area contributed by atoms with Gasteiger partial charge in [-0.25, -0.2) is 15.0 Å². The number of hydrogen-bond acceptors (Lipinski definition) is 7. The fourth-order valence-corrected chi connectivity index (χ4v) is 5.01. The number of aromatic nitrogens is 4. The number of nitriles is 1. The lowest BCUT2D eigenvalue weighted by atomic mass is 9.97. The average Bonchev–Trinajstić information content (AvgIpc) is 3.24. The van der Waals surface area contributed by atoms with E-state index in [9.17, 15) is 10.1 Å². The van der Waals surface area contributed by atoms with E-state index in [0.29, 0.717) is 65.9 Å². The van der Waals surface area contributed by atoms with E-state index in [2.05, 4.69) is 32.9 Å². The van der Waals surface area contributed by atoms with Crippen molar-refractivity contribution in [2.24, 2.45) is 7.05 Å². The smallest absolute Gasteiger partial charge is 0.322 e. The monoisotopic (exact) mass is 583 g/mol. The second kappa shape index (κ2) is 10.9. The molecule has 3 aromatic heterocycles. The maximum Gasteiger partial charge on any atom is 0.322 e. The van der Waals surface area contributed by atoms with Crippen LogP contribution in [0.3, 0.4) is 0 Å². The van der Waals surface area contributed by atoms with E-state index >= 15 is 0 Å². The number of nitrogens with two attached hydrogens (primary N) is 1. The number of aryl methyl sites for hydroxylation is 2. The number of nitrogens with one attached hydrogen (secondary N) is 1. The summed E-state index contributed by atoms with van der Waals surface area (Å²) in [7, 11) is 1.82. The third-order valence-corrected chi connectivity index (χ3v) is 7.03. The molecular formula is C30H23Cl2N7O2. The van der Waals surface area contributed by atoms with Crippen molar-refractivity contribution in [3.05, 3.63) is 88.3 Å². The van der Waals surface area contributed by atoms with Crippen molar-refractivity contribution in [3.63, 3.8) is 0 Å². The Morgan fingerprint density at radius 1 is 1.15 bits per heavy atom. The van der Waals surface area contributed by atoms with Crippen molar-refractivity contribution in [1.29, 1.82) is 5.26 Å². The molecule has 5 aromatic rings. The van der Waals surface area contributed by atoms with Gasteiger partial charge in [0.2, 0.25) is 0 Å². The minimum absolute atomic E-state index is 0.170. The zero-order chi connectivity index (χ0) is 29.4. The van der Waals surface area contributed by atoms with Gasteiger partial charge in [-0.3, -0.25) is 4.79 Å². The van der Waals surface area contributed by atoms with Crippen LogP contribution >= 0.6 is 23.2 Å². The van der Waals surface area contributed by atoms with Gasteiger partial charge in [-0.1, -0.05) is 35.8 Å². The Hall–Kier alpha value is -4.91. The molecule has 0 fully saturated rings. The highest BCUT2D eigenvalue weighted by atomic mass is 35.5. The van der Waals surface area contributed by atoms with Gasteiger partial charge >= 0.3 is 6.01 Å². The standard InChI is InChI=1S/C30H23Cl2N7O2/c1-15(2)29(40)38-19-6-7-20(21(31)12-19)27-24(25-26(39(27)4)18(13-33)14-36-28(25)34)17-5-8-23(22(32)11-17)41-30-35-10-9-16(3)37-30/h5-12,14H,1H2,2-4H3,(H2,34,36)(H,38,40). The number of nitrogens with zero attached hydrogens (tertiary/aromatic N) is 5. The lowest BCUT2D eigenvalue weighted by Crippen LogP contribution is -2.11. The Kier molecular flexibility index (Phi) is 7.37. The van der Waals surface area contributed by atoms with Gasteiger partial charge in [0.15, 0.2) is 0 Å². The molecule has 0 saturated heterocycles. The lowest BCUT2D eigenvalue weighted by molar-refractivity contribution is -0.112. The van der Waals surface area contributed by atoms with E-state index in [1.54, 1.807) is 49.5 Å². The van der Waals surface area contributed by atoms with Gasteiger partial charge in [0.1, 0.15) is 17.6 Å². The molecular weight excluding hydrogens is 561 g/mol. The molecule has 2 aromatic carbocycles. The molecule has 1 amide bonds. The number of carbonyl (C=O) groups is 1. The Labute approximate surface area is 245 Å². The number of ether oxygens (including phenoxy) is 1. The number of hydrogen-bond donors (Lipinski definition) is 2. The highest BCUT2D eigenvalue weighted by molar-refractivity contribution is 6.34. The maximum absolute atomic E-state index is 12.1. The summed E-state index contributed by atoms with van der Waals surface area (Å²) >= 11 is 13.5. The predicted molar refractivity (Wildman–Crippen MR) is 161 cm³/mol. The second-order valence-electron chi connectivity index (χ2n) is 9.33. The predicted octanol–water partition coefficient (Wildman–Crippen LogP) is 7.07. The molecule has 0 unspecified atom stereocenters. The van der Waals surface area contributed by atoms with E-state index in [-0.39, 0.29) is 17.7 Å². The topological polar surface area (TPSA) is 132 Å². The summed E-state index contributed by atoms with van der Waals surface area (Å²) < 4.78 is 7.68. The van der Waals surface area contributed by atoms with Crippen LogP contribution < -0.4 is 15.8 Å². The molecule has 0 aliphatic carbocycles. The molecule has 11 heteroatoms. The van der Waals surface area contributed by atoms with Crippen molar-refractivity contribution >= 4 is 51.5 Å². The Balaban J connectivity index is 1.71. The number of benzene rings is 2. The zero-order valence-electron chi connectivity index (χ0n) is 22.3. The van der Waals surface area contributed by atoms with E-state index in [0.717, 1.165) is 5.69 Å². The van der Waals surface area contributed by atoms with Crippen LogP contribution in [0.5, 0.6) is 11.8 Å². The van der Waals surface area contributed by atoms with Gasteiger partial charge in [0, 0.05) is 47.5 Å². The Bertz CT molecular complexity index is 1930. The molecule has 0 radical (unpaired) electrons. The average molecular weight is 584 g/mol. The minimum atomic E-state index is -0.315. The molecule has 0 atom stereocenters. The Morgan fingerprint density at radius 2 is 1.93 bits per heavy atom. The molecule has 0 aliphatic rings. The molecule has 3 heterocycles. The number of halogens is 2. The normalized spacial score (nSPS) is 10.8. The van der Waals surface area contributed by atoms with Gasteiger partial charge in [0.05, 0.1) is 32.2 Å². The first-order valence-electron chi connectivity index (χ1n) is 12.3. The second-order valence-corrected chi connectivity index (χ2v) is 10.1. The van der Waals surface area contributed by atoms with E-state index in [1.807, 2.05) is 24.6 Å². The molecule has 9 nitrogen and oxygen atoms in total. The van der Waals surface area contributed by atoms with Gasteiger partial charge in [-0.05, 0) is 55.8 Å². The number of carbonyl (C=O) groups excluding carboxylic acids is 1. The van der Waals surface area contributed by atoms with Crippen molar-refractivity contribution in [3.8, 4) is 40.2 Å². The van der Waals surface area contributed by atoms with Crippen LogP contribution in [0.2, 0.25) is 10.0 Å². The van der Waals surface area contributed by atoms with Crippen LogP contribution in [0.4, 0.5) is 11.5 Å². The number of rotatable bonds is 6. The lowest BCUT2D eigenvalue weighted by Gasteiger charge is -2.14. The number of anilines is 2. The first-order valence-corrected chi connectivity index (χ1v) is 13.1. The number of pyridine rings is 1. The number of nitrogen functional groups attached to an aromatic ring is 1. The molecule has 0 saturated carbocycles. The van der Waals surface area contributed by atoms with Crippen LogP contribution in [-0.2, 0) is 11.8 Å². The van der Waals surface area contributed by atoms with Gasteiger partial charge in [-0.15, -0.1) is 0 Å². The Morgan fingerprint density at radius 3 is 2.59 bits per heavy atom. The summed E-state index contributed by atoms with van der Waals surface area (Å²) in [6.45, 7) is 7.12.